The summed E-state index contributed by atoms with van der Waals surface area (Å²) in [6.45, 7) is 5.75. The van der Waals surface area contributed by atoms with Gasteiger partial charge in [-0.3, -0.25) is 0 Å². The van der Waals surface area contributed by atoms with Crippen molar-refractivity contribution in [3.8, 4) is 22.3 Å². The molecule has 2 aliphatic carbocycles. The van der Waals surface area contributed by atoms with Crippen molar-refractivity contribution in [3.05, 3.63) is 284 Å². The van der Waals surface area contributed by atoms with Crippen LogP contribution in [0.2, 0.25) is 0 Å². The van der Waals surface area contributed by atoms with Crippen LogP contribution >= 0.6 is 0 Å². The zero-order chi connectivity index (χ0) is 46.5. The number of aryl methyl sites for hydroxylation is 1. The van der Waals surface area contributed by atoms with E-state index in [1.807, 2.05) is 30.4 Å². The van der Waals surface area contributed by atoms with Crippen LogP contribution in [0.4, 0.5) is 22.7 Å². The lowest BCUT2D eigenvalue weighted by Gasteiger charge is -2.27. The molecule has 0 saturated heterocycles. The van der Waals surface area contributed by atoms with Gasteiger partial charge in [0, 0.05) is 34.4 Å². The van der Waals surface area contributed by atoms with Gasteiger partial charge in [0.25, 0.3) is 0 Å². The third-order valence-electron chi connectivity index (χ3n) is 13.3. The summed E-state index contributed by atoms with van der Waals surface area (Å²) in [5.41, 5.74) is 14.3. The molecule has 1 atom stereocenters. The molecule has 0 heterocycles. The lowest BCUT2D eigenvalue weighted by molar-refractivity contribution is 0.773. The molecule has 0 aliphatic heterocycles. The zero-order valence-electron chi connectivity index (χ0n) is 38.8. The summed E-state index contributed by atoms with van der Waals surface area (Å²) in [4.78, 5) is 2.42. The van der Waals surface area contributed by atoms with E-state index >= 15 is 0 Å². The molecule has 1 unspecified atom stereocenters. The molecule has 330 valence electrons. The molecule has 1 N–H and O–H groups in total. The number of hydrogen-bond acceptors (Lipinski definition) is 2. The van der Waals surface area contributed by atoms with Crippen LogP contribution in [0.25, 0.3) is 71.4 Å². The first-order chi connectivity index (χ1) is 34.1. The lowest BCUT2D eigenvalue weighted by Crippen LogP contribution is -2.10. The van der Waals surface area contributed by atoms with Crippen molar-refractivity contribution in [1.29, 1.82) is 0 Å². The Hall–Kier alpha value is -8.72. The van der Waals surface area contributed by atoms with Gasteiger partial charge >= 0.3 is 0 Å². The molecule has 10 aromatic carbocycles. The molecule has 0 bridgehead atoms. The van der Waals surface area contributed by atoms with E-state index < -0.39 is 0 Å². The minimum atomic E-state index is 0.457. The van der Waals surface area contributed by atoms with Crippen molar-refractivity contribution in [1.82, 2.24) is 0 Å². The first kappa shape index (κ1) is 42.9. The predicted octanol–water partition coefficient (Wildman–Crippen LogP) is 18.7. The standard InChI is InChI=1S/C57H42N2.C10H10/c1-38-19-21-43(22-20-38)57-52-31-27-48(58-47-26-23-39-11-5-8-16-44(39)33-47)36-54(52)56(42-14-3-2-4-15-42)53-32-30-51(37-55(53)57)59(49-28-24-40-12-6-9-17-45(40)34-49)50-29-25-41-13-7-10-18-46(41)35-50;1-2-3-7-10-8-5-4-6-9-10/h2-22,24-37,39,58H,23H2,1H3;2-9H,1H2/b;7-3-. The zero-order valence-corrected chi connectivity index (χ0v) is 38.8. The van der Waals surface area contributed by atoms with Crippen LogP contribution in [0.1, 0.15) is 17.5 Å². The van der Waals surface area contributed by atoms with Gasteiger partial charge in [-0.05, 0) is 144 Å². The van der Waals surface area contributed by atoms with Gasteiger partial charge < -0.3 is 10.2 Å². The second-order valence-electron chi connectivity index (χ2n) is 17.9. The SMILES string of the molecule is C=C/C=C\c1ccccc1.Cc1ccc(-c2c3ccc(NC4=CCC5C=CC=CC5=C4)cc3c(-c3ccccc3)c3ccc(N(c4ccc5ccccc5c4)c4ccc5ccccc5c4)cc23)cc1. The Morgan fingerprint density at radius 3 is 1.75 bits per heavy atom. The third kappa shape index (κ3) is 8.97. The Morgan fingerprint density at radius 2 is 1.09 bits per heavy atom. The van der Waals surface area contributed by atoms with Gasteiger partial charge in [-0.1, -0.05) is 218 Å². The molecule has 0 amide bonds. The van der Waals surface area contributed by atoms with Crippen molar-refractivity contribution in [3.63, 3.8) is 0 Å². The molecular weight excluding hydrogens is 833 g/mol. The van der Waals surface area contributed by atoms with Crippen LogP contribution in [0.15, 0.2) is 273 Å². The summed E-state index contributed by atoms with van der Waals surface area (Å²) in [6.07, 6.45) is 20.2. The van der Waals surface area contributed by atoms with Gasteiger partial charge in [0.15, 0.2) is 0 Å². The van der Waals surface area contributed by atoms with E-state index in [4.69, 9.17) is 0 Å². The summed E-state index contributed by atoms with van der Waals surface area (Å²) >= 11 is 0. The predicted molar refractivity (Wildman–Crippen MR) is 299 cm³/mol. The number of benzene rings is 10. The van der Waals surface area contributed by atoms with Crippen LogP contribution in [0.3, 0.4) is 0 Å². The number of nitrogens with zero attached hydrogens (tertiary/aromatic N) is 1. The van der Waals surface area contributed by atoms with Crippen LogP contribution < -0.4 is 10.2 Å². The number of anilines is 4. The van der Waals surface area contributed by atoms with Crippen LogP contribution in [0.5, 0.6) is 0 Å². The van der Waals surface area contributed by atoms with E-state index in [2.05, 4.69) is 248 Å². The van der Waals surface area contributed by atoms with Gasteiger partial charge in [-0.25, -0.2) is 0 Å². The highest BCUT2D eigenvalue weighted by Crippen LogP contribution is 2.47. The van der Waals surface area contributed by atoms with Gasteiger partial charge in [-0.2, -0.15) is 0 Å². The number of allylic oxidation sites excluding steroid dienone is 9. The molecule has 2 heteroatoms. The molecule has 2 nitrogen and oxygen atoms in total. The topological polar surface area (TPSA) is 15.3 Å². The largest absolute Gasteiger partial charge is 0.356 e. The summed E-state index contributed by atoms with van der Waals surface area (Å²) in [5.74, 6) is 0.457. The average Bonchev–Trinajstić information content (AvgIpc) is 3.40. The molecule has 0 radical (unpaired) electrons. The summed E-state index contributed by atoms with van der Waals surface area (Å²) < 4.78 is 0. The summed E-state index contributed by atoms with van der Waals surface area (Å²) in [7, 11) is 0. The van der Waals surface area contributed by atoms with E-state index in [1.54, 1.807) is 6.08 Å². The normalized spacial score (nSPS) is 14.0. The Balaban J connectivity index is 0.000000465. The van der Waals surface area contributed by atoms with E-state index in [1.165, 1.54) is 82.0 Å². The van der Waals surface area contributed by atoms with E-state index in [0.29, 0.717) is 5.92 Å². The molecule has 0 spiro atoms. The first-order valence-corrected chi connectivity index (χ1v) is 23.9. The number of nitrogens with one attached hydrogen (secondary N) is 1. The van der Waals surface area contributed by atoms with Gasteiger partial charge in [0.05, 0.1) is 0 Å². The monoisotopic (exact) mass is 884 g/mol. The van der Waals surface area contributed by atoms with E-state index in [-0.39, 0.29) is 0 Å². The van der Waals surface area contributed by atoms with Crippen molar-refractivity contribution < 1.29 is 0 Å². The van der Waals surface area contributed by atoms with Crippen molar-refractivity contribution in [2.24, 2.45) is 5.92 Å². The van der Waals surface area contributed by atoms with Crippen LogP contribution in [-0.2, 0) is 0 Å². The Bertz CT molecular complexity index is 3600. The van der Waals surface area contributed by atoms with Crippen LogP contribution in [-0.4, -0.2) is 0 Å². The van der Waals surface area contributed by atoms with Crippen molar-refractivity contribution in [2.45, 2.75) is 13.3 Å². The Morgan fingerprint density at radius 1 is 0.522 bits per heavy atom. The molecule has 2 aliphatic rings. The molecule has 0 saturated carbocycles. The maximum absolute atomic E-state index is 3.81. The van der Waals surface area contributed by atoms with Crippen molar-refractivity contribution in [2.75, 3.05) is 10.2 Å². The minimum Gasteiger partial charge on any atom is -0.356 e. The fraction of sp³-hybridized carbons (Fsp3) is 0.0448. The number of fused-ring (bicyclic) bond motifs is 5. The fourth-order valence-electron chi connectivity index (χ4n) is 9.92. The Labute approximate surface area is 405 Å². The van der Waals surface area contributed by atoms with Gasteiger partial charge in [0.2, 0.25) is 0 Å². The minimum absolute atomic E-state index is 0.457. The highest BCUT2D eigenvalue weighted by Gasteiger charge is 2.22. The summed E-state index contributed by atoms with van der Waals surface area (Å²) in [6, 6.07) is 75.0. The Kier molecular flexibility index (Phi) is 12.0. The molecule has 10 aromatic rings. The maximum atomic E-state index is 3.81. The number of hydrogen-bond donors (Lipinski definition) is 1. The molecular formula is C67H52N2. The van der Waals surface area contributed by atoms with Gasteiger partial charge in [0.1, 0.15) is 0 Å². The molecule has 0 aromatic heterocycles. The second-order valence-corrected chi connectivity index (χ2v) is 17.9. The quantitative estimate of drug-likeness (QED) is 0.115. The van der Waals surface area contributed by atoms with Crippen LogP contribution in [0, 0.1) is 12.8 Å². The molecule has 12 rings (SSSR count). The maximum Gasteiger partial charge on any atom is 0.0468 e. The highest BCUT2D eigenvalue weighted by molar-refractivity contribution is 6.22. The highest BCUT2D eigenvalue weighted by atomic mass is 15.1. The molecule has 69 heavy (non-hydrogen) atoms. The van der Waals surface area contributed by atoms with E-state index in [9.17, 15) is 0 Å². The summed E-state index contributed by atoms with van der Waals surface area (Å²) in [5, 5.41) is 13.6. The number of rotatable bonds is 9. The lowest BCUT2D eigenvalue weighted by atomic mass is 9.85. The fourth-order valence-corrected chi connectivity index (χ4v) is 9.92. The second kappa shape index (κ2) is 19.2. The van der Waals surface area contributed by atoms with Gasteiger partial charge in [-0.15, -0.1) is 0 Å². The third-order valence-corrected chi connectivity index (χ3v) is 13.3. The first-order valence-electron chi connectivity index (χ1n) is 23.9. The van der Waals surface area contributed by atoms with Crippen molar-refractivity contribution >= 4 is 71.9 Å². The smallest absolute Gasteiger partial charge is 0.0468 e. The van der Waals surface area contributed by atoms with E-state index in [0.717, 1.165) is 34.9 Å². The average molecular weight is 885 g/mol. The molecule has 0 fully saturated rings.